The lowest BCUT2D eigenvalue weighted by molar-refractivity contribution is -0.137. The van der Waals surface area contributed by atoms with E-state index in [1.54, 1.807) is 0 Å². The van der Waals surface area contributed by atoms with Crippen LogP contribution in [0.1, 0.15) is 18.9 Å². The predicted molar refractivity (Wildman–Crippen MR) is 69.9 cm³/mol. The van der Waals surface area contributed by atoms with Crippen molar-refractivity contribution in [2.24, 2.45) is 0 Å². The van der Waals surface area contributed by atoms with E-state index in [9.17, 15) is 18.4 Å². The number of alkyl halides is 2. The van der Waals surface area contributed by atoms with Crippen molar-refractivity contribution in [2.45, 2.75) is 19.3 Å². The van der Waals surface area contributed by atoms with Gasteiger partial charge in [0.25, 0.3) is 5.92 Å². The van der Waals surface area contributed by atoms with E-state index < -0.39 is 17.9 Å². The second-order valence-corrected chi connectivity index (χ2v) is 4.43. The van der Waals surface area contributed by atoms with Crippen molar-refractivity contribution >= 4 is 17.7 Å². The Kier molecular flexibility index (Phi) is 5.01. The second-order valence-electron chi connectivity index (χ2n) is 4.43. The Morgan fingerprint density at radius 1 is 1.35 bits per heavy atom. The summed E-state index contributed by atoms with van der Waals surface area (Å²) in [4.78, 5) is 23.3. The molecule has 0 bridgehead atoms. The minimum atomic E-state index is -3.08. The smallest absolute Gasteiger partial charge is 0.321 e. The highest BCUT2D eigenvalue weighted by atomic mass is 19.3. The number of hydrogen-bond donors (Lipinski definition) is 2. The van der Waals surface area contributed by atoms with E-state index in [2.05, 4.69) is 5.32 Å². The SMILES string of the molecule is CN(CCC(=O)O)C(=O)Nc1ccccc1C(C)(F)F. The second kappa shape index (κ2) is 6.31. The molecule has 0 aliphatic rings. The number of halogens is 2. The van der Waals surface area contributed by atoms with Crippen LogP contribution in [0.4, 0.5) is 19.3 Å². The van der Waals surface area contributed by atoms with Crippen LogP contribution in [0.3, 0.4) is 0 Å². The summed E-state index contributed by atoms with van der Waals surface area (Å²) in [6.45, 7) is 0.734. The van der Waals surface area contributed by atoms with Gasteiger partial charge in [-0.15, -0.1) is 0 Å². The number of aliphatic carboxylic acids is 1. The van der Waals surface area contributed by atoms with Gasteiger partial charge in [0.1, 0.15) is 0 Å². The molecule has 0 aromatic heterocycles. The highest BCUT2D eigenvalue weighted by Gasteiger charge is 2.28. The fraction of sp³-hybridized carbons (Fsp3) is 0.385. The molecule has 0 radical (unpaired) electrons. The summed E-state index contributed by atoms with van der Waals surface area (Å²) in [6.07, 6.45) is -0.213. The number of hydrogen-bond acceptors (Lipinski definition) is 2. The number of carboxylic acids is 1. The standard InChI is InChI=1S/C13H16F2N2O3/c1-13(14,15)9-5-3-4-6-10(9)16-12(20)17(2)8-7-11(18)19/h3-6H,7-8H2,1-2H3,(H,16,20)(H,18,19). The maximum atomic E-state index is 13.4. The lowest BCUT2D eigenvalue weighted by Gasteiger charge is -2.20. The molecule has 20 heavy (non-hydrogen) atoms. The Morgan fingerprint density at radius 2 is 1.95 bits per heavy atom. The number of benzene rings is 1. The van der Waals surface area contributed by atoms with E-state index >= 15 is 0 Å². The first-order valence-corrected chi connectivity index (χ1v) is 5.93. The maximum absolute atomic E-state index is 13.4. The zero-order valence-electron chi connectivity index (χ0n) is 11.2. The number of nitrogens with one attached hydrogen (secondary N) is 1. The van der Waals surface area contributed by atoms with Crippen LogP contribution < -0.4 is 5.32 Å². The molecule has 1 rings (SSSR count). The lowest BCUT2D eigenvalue weighted by Crippen LogP contribution is -2.33. The molecule has 5 nitrogen and oxygen atoms in total. The van der Waals surface area contributed by atoms with Gasteiger partial charge >= 0.3 is 12.0 Å². The first-order valence-electron chi connectivity index (χ1n) is 5.93. The fourth-order valence-electron chi connectivity index (χ4n) is 1.55. The molecule has 0 atom stereocenters. The number of carbonyl (C=O) groups is 2. The number of rotatable bonds is 5. The molecule has 0 unspecified atom stereocenters. The van der Waals surface area contributed by atoms with Gasteiger partial charge in [0.2, 0.25) is 0 Å². The number of carboxylic acid groups (broad SMARTS) is 1. The minimum absolute atomic E-state index is 0.00664. The molecule has 2 N–H and O–H groups in total. The van der Waals surface area contributed by atoms with Crippen molar-refractivity contribution in [1.29, 1.82) is 0 Å². The van der Waals surface area contributed by atoms with Crippen molar-refractivity contribution < 1.29 is 23.5 Å². The highest BCUT2D eigenvalue weighted by Crippen LogP contribution is 2.32. The summed E-state index contributed by atoms with van der Waals surface area (Å²) in [6, 6.07) is 4.95. The van der Waals surface area contributed by atoms with Crippen LogP contribution in [0.5, 0.6) is 0 Å². The largest absolute Gasteiger partial charge is 0.481 e. The number of anilines is 1. The molecule has 0 aliphatic carbocycles. The van der Waals surface area contributed by atoms with Gasteiger partial charge in [0.15, 0.2) is 0 Å². The fourth-order valence-corrected chi connectivity index (χ4v) is 1.55. The molecule has 0 spiro atoms. The molecule has 2 amide bonds. The molecular formula is C13H16F2N2O3. The number of amides is 2. The average molecular weight is 286 g/mol. The first kappa shape index (κ1) is 15.9. The monoisotopic (exact) mass is 286 g/mol. The van der Waals surface area contributed by atoms with E-state index in [1.165, 1.54) is 31.3 Å². The van der Waals surface area contributed by atoms with Gasteiger partial charge in [-0.3, -0.25) is 4.79 Å². The summed E-state index contributed by atoms with van der Waals surface area (Å²) in [5, 5.41) is 10.9. The van der Waals surface area contributed by atoms with Gasteiger partial charge in [-0.1, -0.05) is 18.2 Å². The number of carbonyl (C=O) groups excluding carboxylic acids is 1. The van der Waals surface area contributed by atoms with Gasteiger partial charge in [-0.25, -0.2) is 13.6 Å². The number of para-hydroxylation sites is 1. The molecule has 1 aromatic carbocycles. The van der Waals surface area contributed by atoms with Crippen molar-refractivity contribution in [3.05, 3.63) is 29.8 Å². The van der Waals surface area contributed by atoms with Crippen LogP contribution in [0.25, 0.3) is 0 Å². The van der Waals surface area contributed by atoms with Gasteiger partial charge in [0.05, 0.1) is 12.1 Å². The molecule has 0 heterocycles. The van der Waals surface area contributed by atoms with Gasteiger partial charge in [-0.2, -0.15) is 0 Å². The van der Waals surface area contributed by atoms with E-state index in [0.717, 1.165) is 11.8 Å². The first-order chi connectivity index (χ1) is 9.21. The van der Waals surface area contributed by atoms with Crippen LogP contribution in [0.2, 0.25) is 0 Å². The molecular weight excluding hydrogens is 270 g/mol. The van der Waals surface area contributed by atoms with Gasteiger partial charge in [-0.05, 0) is 6.07 Å². The van der Waals surface area contributed by atoms with Gasteiger partial charge < -0.3 is 15.3 Å². The summed E-state index contributed by atoms with van der Waals surface area (Å²) in [5.74, 6) is -4.12. The third-order valence-electron chi connectivity index (χ3n) is 2.65. The lowest BCUT2D eigenvalue weighted by atomic mass is 10.1. The Morgan fingerprint density at radius 3 is 2.50 bits per heavy atom. The Hall–Kier alpha value is -2.18. The normalized spacial score (nSPS) is 11.0. The zero-order chi connectivity index (χ0) is 15.3. The van der Waals surface area contributed by atoms with E-state index in [0.29, 0.717) is 0 Å². The number of urea groups is 1. The minimum Gasteiger partial charge on any atom is -0.481 e. The highest BCUT2D eigenvalue weighted by molar-refractivity contribution is 5.90. The molecule has 7 heteroatoms. The number of nitrogens with zero attached hydrogens (tertiary/aromatic N) is 1. The summed E-state index contributed by atoms with van der Waals surface area (Å²) in [5.41, 5.74) is -0.285. The third-order valence-corrected chi connectivity index (χ3v) is 2.65. The Bertz CT molecular complexity index is 501. The van der Waals surface area contributed by atoms with Crippen LogP contribution in [0.15, 0.2) is 24.3 Å². The van der Waals surface area contributed by atoms with Crippen LogP contribution in [-0.2, 0) is 10.7 Å². The van der Waals surface area contributed by atoms with Crippen molar-refractivity contribution in [2.75, 3.05) is 18.9 Å². The van der Waals surface area contributed by atoms with Gasteiger partial charge in [0, 0.05) is 26.1 Å². The van der Waals surface area contributed by atoms with Crippen molar-refractivity contribution in [3.8, 4) is 0 Å². The molecule has 1 aromatic rings. The van der Waals surface area contributed by atoms with Crippen molar-refractivity contribution in [1.82, 2.24) is 4.90 Å². The predicted octanol–water partition coefficient (Wildman–Crippen LogP) is 2.74. The van der Waals surface area contributed by atoms with Crippen LogP contribution in [-0.4, -0.2) is 35.6 Å². The quantitative estimate of drug-likeness (QED) is 0.874. The molecule has 0 saturated heterocycles. The van der Waals surface area contributed by atoms with Crippen LogP contribution >= 0.6 is 0 Å². The van der Waals surface area contributed by atoms with E-state index in [1.807, 2.05) is 0 Å². The van der Waals surface area contributed by atoms with E-state index in [4.69, 9.17) is 5.11 Å². The Labute approximate surface area is 115 Å². The van der Waals surface area contributed by atoms with Crippen LogP contribution in [0, 0.1) is 0 Å². The Balaban J connectivity index is 2.78. The third kappa shape index (κ3) is 4.49. The molecule has 110 valence electrons. The summed E-state index contributed by atoms with van der Waals surface area (Å²) in [7, 11) is 1.39. The van der Waals surface area contributed by atoms with Crippen molar-refractivity contribution in [3.63, 3.8) is 0 Å². The molecule has 0 fully saturated rings. The maximum Gasteiger partial charge on any atom is 0.321 e. The summed E-state index contributed by atoms with van der Waals surface area (Å²) >= 11 is 0. The molecule has 0 saturated carbocycles. The zero-order valence-corrected chi connectivity index (χ0v) is 11.2. The average Bonchev–Trinajstić information content (AvgIpc) is 2.35. The molecule has 0 aliphatic heterocycles. The van der Waals surface area contributed by atoms with E-state index in [-0.39, 0.29) is 24.2 Å². The summed E-state index contributed by atoms with van der Waals surface area (Å²) < 4.78 is 26.8. The topological polar surface area (TPSA) is 69.6 Å².